The summed E-state index contributed by atoms with van der Waals surface area (Å²) in [5, 5.41) is 7.80. The number of nitrogens with zero attached hydrogens (tertiary/aromatic N) is 4. The fourth-order valence-corrected chi connectivity index (χ4v) is 1.05. The van der Waals surface area contributed by atoms with Crippen LogP contribution in [0.4, 0.5) is 0 Å². The van der Waals surface area contributed by atoms with Crippen molar-refractivity contribution in [2.45, 2.75) is 26.7 Å². The molecule has 5 nitrogen and oxygen atoms in total. The Hall–Kier alpha value is -1.91. The molecule has 5 heteroatoms. The lowest BCUT2D eigenvalue weighted by molar-refractivity contribution is -0.102. The topological polar surface area (TPSA) is 67.6 Å². The second kappa shape index (κ2) is 6.55. The van der Waals surface area contributed by atoms with Gasteiger partial charge in [-0.3, -0.25) is 4.79 Å². The van der Waals surface area contributed by atoms with E-state index in [9.17, 15) is 4.79 Å². The minimum atomic E-state index is 0.338. The third-order valence-electron chi connectivity index (χ3n) is 1.81. The van der Waals surface area contributed by atoms with Crippen LogP contribution in [0.5, 0.6) is 0 Å². The smallest absolute Gasteiger partial charge is 0.175 e. The summed E-state index contributed by atoms with van der Waals surface area (Å²) in [7, 11) is 0. The Balaban J connectivity index is 2.95. The molecule has 1 aromatic rings. The van der Waals surface area contributed by atoms with Crippen molar-refractivity contribution in [3.63, 3.8) is 0 Å². The number of carbonyl (C=O) groups is 1. The van der Waals surface area contributed by atoms with E-state index >= 15 is 0 Å². The molecule has 0 saturated heterocycles. The summed E-state index contributed by atoms with van der Waals surface area (Å²) in [5.74, 6) is 0.562. The highest BCUT2D eigenvalue weighted by molar-refractivity contribution is 6.27. The van der Waals surface area contributed by atoms with Crippen LogP contribution in [-0.4, -0.2) is 27.7 Å². The number of aldehydes is 1. The van der Waals surface area contributed by atoms with Crippen LogP contribution in [0.1, 0.15) is 32.5 Å². The van der Waals surface area contributed by atoms with Crippen LogP contribution in [0.15, 0.2) is 28.7 Å². The molecular weight excluding hydrogens is 204 g/mol. The van der Waals surface area contributed by atoms with Crippen LogP contribution in [0.25, 0.3) is 0 Å². The average Bonchev–Trinajstić information content (AvgIpc) is 2.35. The fourth-order valence-electron chi connectivity index (χ4n) is 1.05. The van der Waals surface area contributed by atoms with E-state index in [1.165, 1.54) is 0 Å². The molecule has 1 heterocycles. The number of rotatable bonds is 5. The van der Waals surface area contributed by atoms with Gasteiger partial charge < -0.3 is 0 Å². The van der Waals surface area contributed by atoms with Crippen molar-refractivity contribution in [3.8, 4) is 0 Å². The molecule has 0 N–H and O–H groups in total. The molecule has 0 fully saturated rings. The molecule has 1 rings (SSSR count). The summed E-state index contributed by atoms with van der Waals surface area (Å²) in [6.07, 6.45) is 5.64. The zero-order valence-corrected chi connectivity index (χ0v) is 9.42. The molecule has 0 amide bonds. The first-order valence-corrected chi connectivity index (χ1v) is 5.11. The maximum Gasteiger partial charge on any atom is 0.175 e. The standard InChI is InChI=1S/C11H14N4O/c1-3-5-10(15-14-9(2)8-16)11-12-6-4-7-13-11/h4,6-8H,3,5H2,1-2H3/b14-9+,15-10+. The van der Waals surface area contributed by atoms with Crippen molar-refractivity contribution in [1.29, 1.82) is 0 Å². The van der Waals surface area contributed by atoms with Crippen LogP contribution in [-0.2, 0) is 4.79 Å². The minimum Gasteiger partial charge on any atom is -0.296 e. The Bertz CT molecular complexity index is 398. The molecule has 0 spiro atoms. The molecule has 0 aliphatic heterocycles. The number of carbonyl (C=O) groups excluding carboxylic acids is 1. The normalized spacial score (nSPS) is 12.6. The Labute approximate surface area is 94.3 Å². The number of hydrogen-bond donors (Lipinski definition) is 0. The Morgan fingerprint density at radius 1 is 1.38 bits per heavy atom. The lowest BCUT2D eigenvalue weighted by Crippen LogP contribution is -2.06. The first-order valence-electron chi connectivity index (χ1n) is 5.11. The molecule has 0 unspecified atom stereocenters. The van der Waals surface area contributed by atoms with Gasteiger partial charge in [0.15, 0.2) is 12.1 Å². The minimum absolute atomic E-state index is 0.338. The summed E-state index contributed by atoms with van der Waals surface area (Å²) >= 11 is 0. The molecule has 84 valence electrons. The third-order valence-corrected chi connectivity index (χ3v) is 1.81. The van der Waals surface area contributed by atoms with Crippen LogP contribution in [0, 0.1) is 0 Å². The molecule has 0 radical (unpaired) electrons. The molecule has 0 aliphatic rings. The van der Waals surface area contributed by atoms with Crippen molar-refractivity contribution in [2.24, 2.45) is 10.2 Å². The molecule has 0 bridgehead atoms. The maximum atomic E-state index is 10.4. The van der Waals surface area contributed by atoms with Gasteiger partial charge in [-0.05, 0) is 19.4 Å². The van der Waals surface area contributed by atoms with Gasteiger partial charge in [0.25, 0.3) is 0 Å². The number of hydrogen-bond acceptors (Lipinski definition) is 5. The highest BCUT2D eigenvalue weighted by Crippen LogP contribution is 2.01. The van der Waals surface area contributed by atoms with E-state index in [1.807, 2.05) is 6.92 Å². The molecule has 0 aliphatic carbocycles. The highest BCUT2D eigenvalue weighted by Gasteiger charge is 2.04. The second-order valence-corrected chi connectivity index (χ2v) is 3.23. The van der Waals surface area contributed by atoms with Gasteiger partial charge in [0, 0.05) is 12.4 Å². The van der Waals surface area contributed by atoms with Crippen molar-refractivity contribution in [1.82, 2.24) is 9.97 Å². The van der Waals surface area contributed by atoms with Crippen molar-refractivity contribution in [3.05, 3.63) is 24.3 Å². The Morgan fingerprint density at radius 2 is 2.06 bits per heavy atom. The largest absolute Gasteiger partial charge is 0.296 e. The van der Waals surface area contributed by atoms with Gasteiger partial charge in [0.2, 0.25) is 0 Å². The third kappa shape index (κ3) is 3.68. The first-order chi connectivity index (χ1) is 7.77. The van der Waals surface area contributed by atoms with Gasteiger partial charge >= 0.3 is 0 Å². The Morgan fingerprint density at radius 3 is 2.62 bits per heavy atom. The predicted octanol–water partition coefficient (Wildman–Crippen LogP) is 1.64. The summed E-state index contributed by atoms with van der Waals surface area (Å²) in [6.45, 7) is 3.64. The molecule has 0 aromatic carbocycles. The van der Waals surface area contributed by atoms with Crippen molar-refractivity contribution >= 4 is 17.7 Å². The van der Waals surface area contributed by atoms with Crippen LogP contribution < -0.4 is 0 Å². The summed E-state index contributed by atoms with van der Waals surface area (Å²) in [6, 6.07) is 1.74. The van der Waals surface area contributed by atoms with E-state index in [0.29, 0.717) is 23.5 Å². The first kappa shape index (κ1) is 12.2. The average molecular weight is 218 g/mol. The van der Waals surface area contributed by atoms with Crippen LogP contribution >= 0.6 is 0 Å². The summed E-state index contributed by atoms with van der Waals surface area (Å²) < 4.78 is 0. The summed E-state index contributed by atoms with van der Waals surface area (Å²) in [4.78, 5) is 18.6. The lowest BCUT2D eigenvalue weighted by atomic mass is 10.2. The monoisotopic (exact) mass is 218 g/mol. The van der Waals surface area contributed by atoms with E-state index in [0.717, 1.165) is 12.8 Å². The van der Waals surface area contributed by atoms with Crippen LogP contribution in [0.2, 0.25) is 0 Å². The number of aromatic nitrogens is 2. The van der Waals surface area contributed by atoms with E-state index < -0.39 is 0 Å². The molecule has 16 heavy (non-hydrogen) atoms. The van der Waals surface area contributed by atoms with Crippen LogP contribution in [0.3, 0.4) is 0 Å². The second-order valence-electron chi connectivity index (χ2n) is 3.23. The van der Waals surface area contributed by atoms with Gasteiger partial charge in [0.05, 0.1) is 5.71 Å². The van der Waals surface area contributed by atoms with Crippen molar-refractivity contribution in [2.75, 3.05) is 0 Å². The highest BCUT2D eigenvalue weighted by atomic mass is 16.1. The lowest BCUT2D eigenvalue weighted by Gasteiger charge is -2.00. The maximum absolute atomic E-state index is 10.4. The predicted molar refractivity (Wildman–Crippen MR) is 62.7 cm³/mol. The fraction of sp³-hybridized carbons (Fsp3) is 0.364. The molecule has 0 atom stereocenters. The van der Waals surface area contributed by atoms with Crippen molar-refractivity contribution < 1.29 is 4.79 Å². The van der Waals surface area contributed by atoms with Gasteiger partial charge in [0.1, 0.15) is 5.71 Å². The summed E-state index contributed by atoms with van der Waals surface area (Å²) in [5.41, 5.74) is 1.04. The van der Waals surface area contributed by atoms with Gasteiger partial charge in [-0.25, -0.2) is 9.97 Å². The van der Waals surface area contributed by atoms with E-state index in [-0.39, 0.29) is 0 Å². The van der Waals surface area contributed by atoms with E-state index in [1.54, 1.807) is 25.4 Å². The molecule has 1 aromatic heterocycles. The molecular formula is C11H14N4O. The molecule has 0 saturated carbocycles. The van der Waals surface area contributed by atoms with Gasteiger partial charge in [-0.1, -0.05) is 13.3 Å². The Kier molecular flexibility index (Phi) is 4.98. The quantitative estimate of drug-likeness (QED) is 0.428. The van der Waals surface area contributed by atoms with Gasteiger partial charge in [-0.15, -0.1) is 0 Å². The van der Waals surface area contributed by atoms with E-state index in [4.69, 9.17) is 0 Å². The van der Waals surface area contributed by atoms with E-state index in [2.05, 4.69) is 20.2 Å². The SMILES string of the molecule is CCC/C(=N\N=C(/C)C=O)c1ncccn1. The van der Waals surface area contributed by atoms with Gasteiger partial charge in [-0.2, -0.15) is 10.2 Å². The zero-order chi connectivity index (χ0) is 11.8. The zero-order valence-electron chi connectivity index (χ0n) is 9.42.